The van der Waals surface area contributed by atoms with Crippen molar-refractivity contribution in [2.45, 2.75) is 82.4 Å². The predicted molar refractivity (Wildman–Crippen MR) is 100 cm³/mol. The third-order valence-corrected chi connectivity index (χ3v) is 7.24. The highest BCUT2D eigenvalue weighted by atomic mass is 16.7. The number of rotatable bonds is 3. The molecule has 8 nitrogen and oxygen atoms in total. The van der Waals surface area contributed by atoms with Gasteiger partial charge in [-0.05, 0) is 51.0 Å². The molecule has 4 aliphatic rings. The summed E-state index contributed by atoms with van der Waals surface area (Å²) in [5.41, 5.74) is 2.08. The molecule has 2 aliphatic carbocycles. The Morgan fingerprint density at radius 2 is 1.93 bits per heavy atom. The molecule has 2 heterocycles. The number of carbonyl (C=O) groups is 1. The minimum Gasteiger partial charge on any atom is -0.454 e. The number of carbonyl (C=O) groups excluding carboxylic acids is 1. The minimum atomic E-state index is -1.50. The van der Waals surface area contributed by atoms with Crippen molar-refractivity contribution in [1.29, 1.82) is 0 Å². The van der Waals surface area contributed by atoms with Crippen molar-refractivity contribution in [1.82, 2.24) is 0 Å². The topological polar surface area (TPSA) is 126 Å². The molecule has 162 valence electrons. The van der Waals surface area contributed by atoms with Gasteiger partial charge in [0.2, 0.25) is 0 Å². The molecule has 1 saturated carbocycles. The lowest BCUT2D eigenvalue weighted by Crippen LogP contribution is -2.61. The van der Waals surface area contributed by atoms with E-state index in [1.54, 1.807) is 6.92 Å². The molecule has 29 heavy (non-hydrogen) atoms. The molecule has 0 spiro atoms. The highest BCUT2D eigenvalue weighted by Crippen LogP contribution is 2.52. The van der Waals surface area contributed by atoms with Crippen LogP contribution in [0.25, 0.3) is 0 Å². The standard InChI is InChI=1S/C21H30O8/c1-9-4-5-13-11(9)6-12-10(2)19(26)27-14(12)7-21(13,3)29-20-18(25)17(24)16(23)15(8-22)28-20/h4,11,13-18,20,22-25H,5-8H2,1-3H3. The van der Waals surface area contributed by atoms with Crippen LogP contribution in [0.2, 0.25) is 0 Å². The Kier molecular flexibility index (Phi) is 5.38. The van der Waals surface area contributed by atoms with Crippen LogP contribution in [-0.4, -0.2) is 75.4 Å². The lowest BCUT2D eigenvalue weighted by atomic mass is 9.77. The molecule has 4 N–H and O–H groups in total. The van der Waals surface area contributed by atoms with Gasteiger partial charge in [-0.15, -0.1) is 0 Å². The summed E-state index contributed by atoms with van der Waals surface area (Å²) < 4.78 is 17.5. The molecule has 0 aromatic carbocycles. The molecule has 0 aromatic rings. The molecule has 2 fully saturated rings. The quantitative estimate of drug-likeness (QED) is 0.384. The number of aliphatic hydroxyl groups excluding tert-OH is 4. The summed E-state index contributed by atoms with van der Waals surface area (Å²) in [6, 6.07) is 0. The minimum absolute atomic E-state index is 0.0828. The number of hydrogen-bond acceptors (Lipinski definition) is 8. The smallest absolute Gasteiger partial charge is 0.334 e. The molecule has 0 aromatic heterocycles. The summed E-state index contributed by atoms with van der Waals surface area (Å²) in [6.07, 6.45) is -2.95. The van der Waals surface area contributed by atoms with Gasteiger partial charge in [-0.2, -0.15) is 0 Å². The van der Waals surface area contributed by atoms with Crippen LogP contribution in [0, 0.1) is 11.8 Å². The van der Waals surface area contributed by atoms with Crippen molar-refractivity contribution in [3.05, 3.63) is 22.8 Å². The Morgan fingerprint density at radius 3 is 2.62 bits per heavy atom. The Hall–Kier alpha value is -1.29. The van der Waals surface area contributed by atoms with Gasteiger partial charge >= 0.3 is 5.97 Å². The summed E-state index contributed by atoms with van der Waals surface area (Å²) in [5, 5.41) is 40.1. The van der Waals surface area contributed by atoms with Crippen LogP contribution in [-0.2, 0) is 19.0 Å². The van der Waals surface area contributed by atoms with Gasteiger partial charge in [-0.1, -0.05) is 11.6 Å². The van der Waals surface area contributed by atoms with E-state index in [2.05, 4.69) is 13.0 Å². The van der Waals surface area contributed by atoms with E-state index >= 15 is 0 Å². The first-order valence-corrected chi connectivity index (χ1v) is 10.2. The fraction of sp³-hybridized carbons (Fsp3) is 0.762. The lowest BCUT2D eigenvalue weighted by molar-refractivity contribution is -0.333. The Bertz CT molecular complexity index is 743. The monoisotopic (exact) mass is 410 g/mol. The number of aliphatic hydroxyl groups is 4. The van der Waals surface area contributed by atoms with Gasteiger partial charge < -0.3 is 34.6 Å². The maximum absolute atomic E-state index is 12.2. The maximum Gasteiger partial charge on any atom is 0.334 e. The van der Waals surface area contributed by atoms with Crippen LogP contribution in [0.1, 0.15) is 40.0 Å². The summed E-state index contributed by atoms with van der Waals surface area (Å²) >= 11 is 0. The van der Waals surface area contributed by atoms with Crippen molar-refractivity contribution in [3.63, 3.8) is 0 Å². The molecule has 9 atom stereocenters. The van der Waals surface area contributed by atoms with E-state index in [-0.39, 0.29) is 17.8 Å². The van der Waals surface area contributed by atoms with Crippen LogP contribution in [0.5, 0.6) is 0 Å². The van der Waals surface area contributed by atoms with Gasteiger partial charge in [0.15, 0.2) is 6.29 Å². The van der Waals surface area contributed by atoms with Gasteiger partial charge in [0.1, 0.15) is 30.5 Å². The highest BCUT2D eigenvalue weighted by molar-refractivity contribution is 5.91. The molecule has 9 unspecified atom stereocenters. The highest BCUT2D eigenvalue weighted by Gasteiger charge is 2.54. The molecule has 8 heteroatoms. The largest absolute Gasteiger partial charge is 0.454 e. The summed E-state index contributed by atoms with van der Waals surface area (Å²) in [6.45, 7) is 5.28. The molecule has 1 saturated heterocycles. The first-order chi connectivity index (χ1) is 13.7. The van der Waals surface area contributed by atoms with E-state index in [0.29, 0.717) is 12.0 Å². The van der Waals surface area contributed by atoms with E-state index in [0.717, 1.165) is 18.4 Å². The van der Waals surface area contributed by atoms with Crippen molar-refractivity contribution in [2.24, 2.45) is 11.8 Å². The van der Waals surface area contributed by atoms with E-state index in [1.165, 1.54) is 5.57 Å². The maximum atomic E-state index is 12.2. The second kappa shape index (κ2) is 7.44. The van der Waals surface area contributed by atoms with Gasteiger partial charge in [-0.3, -0.25) is 0 Å². The SMILES string of the molecule is CC1=CCC2C1CC1=C(C)C(=O)OC1CC2(C)OC1OC(CO)C(O)C(O)C1O. The zero-order chi connectivity index (χ0) is 21.1. The third-order valence-electron chi connectivity index (χ3n) is 7.24. The zero-order valence-electron chi connectivity index (χ0n) is 16.9. The number of allylic oxidation sites excluding steroid dienone is 2. The van der Waals surface area contributed by atoms with Gasteiger partial charge in [0.25, 0.3) is 0 Å². The molecule has 0 bridgehead atoms. The second-order valence-corrected chi connectivity index (χ2v) is 8.98. The zero-order valence-corrected chi connectivity index (χ0v) is 16.9. The average Bonchev–Trinajstić information content (AvgIpc) is 3.13. The Labute approximate surface area is 169 Å². The van der Waals surface area contributed by atoms with Crippen molar-refractivity contribution < 1.29 is 39.4 Å². The molecular weight excluding hydrogens is 380 g/mol. The molecular formula is C21H30O8. The number of ether oxygens (including phenoxy) is 3. The Morgan fingerprint density at radius 1 is 1.21 bits per heavy atom. The predicted octanol–water partition coefficient (Wildman–Crippen LogP) is 0.180. The summed E-state index contributed by atoms with van der Waals surface area (Å²) in [4.78, 5) is 12.2. The number of esters is 1. The normalized spacial score (nSPS) is 47.4. The van der Waals surface area contributed by atoms with Gasteiger partial charge in [0.05, 0.1) is 12.2 Å². The fourth-order valence-electron chi connectivity index (χ4n) is 5.36. The lowest BCUT2D eigenvalue weighted by Gasteiger charge is -2.46. The number of fused-ring (bicyclic) bond motifs is 2. The van der Waals surface area contributed by atoms with E-state index in [4.69, 9.17) is 14.2 Å². The van der Waals surface area contributed by atoms with Gasteiger partial charge in [-0.25, -0.2) is 4.79 Å². The van der Waals surface area contributed by atoms with E-state index in [1.807, 2.05) is 6.92 Å². The van der Waals surface area contributed by atoms with Gasteiger partial charge in [0, 0.05) is 12.0 Å². The average molecular weight is 410 g/mol. The van der Waals surface area contributed by atoms with Crippen LogP contribution in [0.3, 0.4) is 0 Å². The molecule has 4 rings (SSSR count). The first kappa shape index (κ1) is 21.0. The Balaban J connectivity index is 1.64. The van der Waals surface area contributed by atoms with E-state index in [9.17, 15) is 25.2 Å². The van der Waals surface area contributed by atoms with Crippen LogP contribution >= 0.6 is 0 Å². The molecule has 0 amide bonds. The van der Waals surface area contributed by atoms with Crippen molar-refractivity contribution in [3.8, 4) is 0 Å². The molecule has 2 aliphatic heterocycles. The number of hydrogen-bond donors (Lipinski definition) is 4. The van der Waals surface area contributed by atoms with Crippen molar-refractivity contribution >= 4 is 5.97 Å². The summed E-state index contributed by atoms with van der Waals surface area (Å²) in [5.74, 6) is -0.0490. The third kappa shape index (κ3) is 3.36. The van der Waals surface area contributed by atoms with E-state index < -0.39 is 49.0 Å². The fourth-order valence-corrected chi connectivity index (χ4v) is 5.36. The molecule has 0 radical (unpaired) electrons. The van der Waals surface area contributed by atoms with Crippen LogP contribution in [0.4, 0.5) is 0 Å². The second-order valence-electron chi connectivity index (χ2n) is 8.98. The van der Waals surface area contributed by atoms with Crippen LogP contribution in [0.15, 0.2) is 22.8 Å². The van der Waals surface area contributed by atoms with Crippen molar-refractivity contribution in [2.75, 3.05) is 6.61 Å². The van der Waals surface area contributed by atoms with Crippen LogP contribution < -0.4 is 0 Å². The summed E-state index contributed by atoms with van der Waals surface area (Å²) in [7, 11) is 0. The first-order valence-electron chi connectivity index (χ1n) is 10.2.